The minimum atomic E-state index is -1.10. The third-order valence-corrected chi connectivity index (χ3v) is 4.24. The van der Waals surface area contributed by atoms with Crippen LogP contribution in [0.25, 0.3) is 0 Å². The monoisotopic (exact) mass is 395 g/mol. The number of amides is 5. The van der Waals surface area contributed by atoms with Crippen LogP contribution in [0.1, 0.15) is 17.3 Å². The lowest BCUT2D eigenvalue weighted by Gasteiger charge is -2.15. The Morgan fingerprint density at radius 1 is 1.00 bits per heavy atom. The van der Waals surface area contributed by atoms with Crippen LogP contribution < -0.4 is 15.0 Å². The molecule has 1 aliphatic heterocycles. The minimum Gasteiger partial charge on any atom is -0.497 e. The summed E-state index contributed by atoms with van der Waals surface area (Å²) in [7, 11) is 1.47. The van der Waals surface area contributed by atoms with E-state index in [1.165, 1.54) is 44.4 Å². The van der Waals surface area contributed by atoms with E-state index in [0.29, 0.717) is 26.8 Å². The SMILES string of the molecule is COc1ccc(N2C(=O)C(=O)N(CC(=O)Nc3cccc(C(C)=O)c3)C2=O)cc1. The third kappa shape index (κ3) is 3.98. The molecule has 1 aliphatic rings. The first-order valence-corrected chi connectivity index (χ1v) is 8.56. The quantitative estimate of drug-likeness (QED) is 0.454. The fourth-order valence-corrected chi connectivity index (χ4v) is 2.76. The topological polar surface area (TPSA) is 113 Å². The van der Waals surface area contributed by atoms with Crippen molar-refractivity contribution in [2.45, 2.75) is 6.92 Å². The van der Waals surface area contributed by atoms with Gasteiger partial charge in [-0.15, -0.1) is 0 Å². The summed E-state index contributed by atoms with van der Waals surface area (Å²) in [6.45, 7) is 0.752. The highest BCUT2D eigenvalue weighted by atomic mass is 16.5. The molecule has 1 saturated heterocycles. The van der Waals surface area contributed by atoms with Gasteiger partial charge in [-0.05, 0) is 43.3 Å². The van der Waals surface area contributed by atoms with Crippen molar-refractivity contribution >= 4 is 40.9 Å². The molecule has 0 atom stereocenters. The van der Waals surface area contributed by atoms with E-state index >= 15 is 0 Å². The second kappa shape index (κ2) is 7.93. The maximum Gasteiger partial charge on any atom is 0.339 e. The Kier molecular flexibility index (Phi) is 5.40. The summed E-state index contributed by atoms with van der Waals surface area (Å²) in [5.41, 5.74) is 0.920. The number of hydrogen-bond acceptors (Lipinski definition) is 6. The molecule has 0 aliphatic carbocycles. The Hall–Kier alpha value is -4.01. The summed E-state index contributed by atoms with van der Waals surface area (Å²) in [4.78, 5) is 62.0. The van der Waals surface area contributed by atoms with E-state index in [4.69, 9.17) is 4.74 Å². The van der Waals surface area contributed by atoms with E-state index in [1.54, 1.807) is 18.2 Å². The summed E-state index contributed by atoms with van der Waals surface area (Å²) in [5.74, 6) is -2.49. The van der Waals surface area contributed by atoms with Crippen LogP contribution in [0, 0.1) is 0 Å². The first-order valence-electron chi connectivity index (χ1n) is 8.56. The van der Waals surface area contributed by atoms with Crippen LogP contribution in [0.5, 0.6) is 5.75 Å². The van der Waals surface area contributed by atoms with E-state index in [1.807, 2.05) is 0 Å². The average molecular weight is 395 g/mol. The molecule has 29 heavy (non-hydrogen) atoms. The molecular formula is C20H17N3O6. The number of nitrogens with one attached hydrogen (secondary N) is 1. The Bertz CT molecular complexity index is 1020. The summed E-state index contributed by atoms with van der Waals surface area (Å²) in [6.07, 6.45) is 0. The molecule has 0 saturated carbocycles. The molecule has 9 heteroatoms. The summed E-state index contributed by atoms with van der Waals surface area (Å²) < 4.78 is 5.02. The number of Topliss-reactive ketones (excluding diaryl/α,β-unsaturated/α-hetero) is 1. The second-order valence-electron chi connectivity index (χ2n) is 6.20. The first-order chi connectivity index (χ1) is 13.8. The maximum atomic E-state index is 12.6. The number of urea groups is 1. The number of anilines is 2. The molecule has 3 rings (SSSR count). The van der Waals surface area contributed by atoms with Crippen LogP contribution in [-0.2, 0) is 14.4 Å². The smallest absolute Gasteiger partial charge is 0.339 e. The summed E-state index contributed by atoms with van der Waals surface area (Å²) in [6, 6.07) is 11.3. The van der Waals surface area contributed by atoms with Crippen LogP contribution in [0.15, 0.2) is 48.5 Å². The molecule has 0 spiro atoms. The van der Waals surface area contributed by atoms with Crippen molar-refractivity contribution in [2.75, 3.05) is 23.9 Å². The van der Waals surface area contributed by atoms with Gasteiger partial charge in [0.2, 0.25) is 5.91 Å². The van der Waals surface area contributed by atoms with Gasteiger partial charge in [-0.2, -0.15) is 0 Å². The van der Waals surface area contributed by atoms with Crippen LogP contribution in [0.2, 0.25) is 0 Å². The Morgan fingerprint density at radius 2 is 1.69 bits per heavy atom. The molecule has 2 aromatic carbocycles. The zero-order chi connectivity index (χ0) is 21.1. The normalized spacial score (nSPS) is 13.7. The van der Waals surface area contributed by atoms with Crippen molar-refractivity contribution in [3.63, 3.8) is 0 Å². The maximum absolute atomic E-state index is 12.6. The molecule has 1 fully saturated rings. The van der Waals surface area contributed by atoms with Crippen LogP contribution in [-0.4, -0.2) is 48.1 Å². The largest absolute Gasteiger partial charge is 0.497 e. The van der Waals surface area contributed by atoms with Crippen molar-refractivity contribution in [2.24, 2.45) is 0 Å². The number of methoxy groups -OCH3 is 1. The van der Waals surface area contributed by atoms with Crippen molar-refractivity contribution in [3.05, 3.63) is 54.1 Å². The van der Waals surface area contributed by atoms with Gasteiger partial charge >= 0.3 is 17.8 Å². The molecule has 0 aromatic heterocycles. The number of carbonyl (C=O) groups is 5. The number of rotatable bonds is 6. The zero-order valence-electron chi connectivity index (χ0n) is 15.7. The molecule has 2 aromatic rings. The molecule has 0 bridgehead atoms. The van der Waals surface area contributed by atoms with E-state index in [2.05, 4.69) is 5.32 Å². The lowest BCUT2D eigenvalue weighted by Crippen LogP contribution is -2.39. The van der Waals surface area contributed by atoms with Crippen LogP contribution in [0.4, 0.5) is 16.2 Å². The van der Waals surface area contributed by atoms with Crippen LogP contribution >= 0.6 is 0 Å². The Balaban J connectivity index is 1.73. The zero-order valence-corrected chi connectivity index (χ0v) is 15.7. The number of benzene rings is 2. The van der Waals surface area contributed by atoms with Gasteiger partial charge in [0.15, 0.2) is 5.78 Å². The highest BCUT2D eigenvalue weighted by molar-refractivity contribution is 6.53. The van der Waals surface area contributed by atoms with E-state index in [-0.39, 0.29) is 11.5 Å². The van der Waals surface area contributed by atoms with E-state index in [9.17, 15) is 24.0 Å². The van der Waals surface area contributed by atoms with Crippen molar-refractivity contribution in [3.8, 4) is 5.75 Å². The van der Waals surface area contributed by atoms with Gasteiger partial charge in [-0.3, -0.25) is 19.2 Å². The first kappa shape index (κ1) is 19.7. The average Bonchev–Trinajstić information content (AvgIpc) is 2.91. The van der Waals surface area contributed by atoms with Gasteiger partial charge in [-0.25, -0.2) is 14.6 Å². The molecule has 0 unspecified atom stereocenters. The van der Waals surface area contributed by atoms with Gasteiger partial charge in [0.05, 0.1) is 12.8 Å². The molecule has 0 radical (unpaired) electrons. The predicted molar refractivity (Wildman–Crippen MR) is 103 cm³/mol. The van der Waals surface area contributed by atoms with Crippen LogP contribution in [0.3, 0.4) is 0 Å². The predicted octanol–water partition coefficient (Wildman–Crippen LogP) is 1.83. The third-order valence-electron chi connectivity index (χ3n) is 4.24. The fraction of sp³-hybridized carbons (Fsp3) is 0.150. The molecular weight excluding hydrogens is 378 g/mol. The van der Waals surface area contributed by atoms with Gasteiger partial charge in [0.1, 0.15) is 12.3 Å². The van der Waals surface area contributed by atoms with E-state index < -0.39 is 30.3 Å². The highest BCUT2D eigenvalue weighted by Crippen LogP contribution is 2.24. The second-order valence-corrected chi connectivity index (χ2v) is 6.20. The Labute approximate surface area is 165 Å². The lowest BCUT2D eigenvalue weighted by atomic mass is 10.1. The van der Waals surface area contributed by atoms with Crippen molar-refractivity contribution in [1.29, 1.82) is 0 Å². The van der Waals surface area contributed by atoms with Crippen molar-refractivity contribution in [1.82, 2.24) is 4.90 Å². The number of nitrogens with zero attached hydrogens (tertiary/aromatic N) is 2. The number of hydrogen-bond donors (Lipinski definition) is 1. The number of ether oxygens (including phenoxy) is 1. The van der Waals surface area contributed by atoms with Gasteiger partial charge < -0.3 is 10.1 Å². The Morgan fingerprint density at radius 3 is 2.31 bits per heavy atom. The van der Waals surface area contributed by atoms with Crippen molar-refractivity contribution < 1.29 is 28.7 Å². The highest BCUT2D eigenvalue weighted by Gasteiger charge is 2.46. The number of carbonyl (C=O) groups excluding carboxylic acids is 5. The molecule has 9 nitrogen and oxygen atoms in total. The van der Waals surface area contributed by atoms with E-state index in [0.717, 1.165) is 0 Å². The standard InChI is InChI=1S/C20H17N3O6/c1-12(24)13-4-3-5-14(10-13)21-17(25)11-22-18(26)19(27)23(20(22)28)15-6-8-16(29-2)9-7-15/h3-10H,11H2,1-2H3,(H,21,25). The molecule has 5 amide bonds. The number of ketones is 1. The van der Waals surface area contributed by atoms with Gasteiger partial charge in [-0.1, -0.05) is 12.1 Å². The molecule has 1 heterocycles. The number of imide groups is 2. The molecule has 148 valence electrons. The molecule has 1 N–H and O–H groups in total. The summed E-state index contributed by atoms with van der Waals surface area (Å²) in [5, 5.41) is 2.51. The lowest BCUT2D eigenvalue weighted by molar-refractivity contribution is -0.140. The fourth-order valence-electron chi connectivity index (χ4n) is 2.76. The van der Waals surface area contributed by atoms with Gasteiger partial charge in [0.25, 0.3) is 0 Å². The summed E-state index contributed by atoms with van der Waals surface area (Å²) >= 11 is 0. The van der Waals surface area contributed by atoms with Gasteiger partial charge in [0, 0.05) is 11.3 Å². The minimum absolute atomic E-state index is 0.174.